The summed E-state index contributed by atoms with van der Waals surface area (Å²) in [6.07, 6.45) is -5.00. The number of hydrogen-bond donors (Lipinski definition) is 0. The number of alkyl halides is 3. The Kier molecular flexibility index (Phi) is 3.81. The molecule has 7 heteroatoms. The van der Waals surface area contributed by atoms with E-state index < -0.39 is 29.2 Å². The van der Waals surface area contributed by atoms with E-state index in [4.69, 9.17) is 5.26 Å². The first-order valence-electron chi connectivity index (χ1n) is 4.68. The molecule has 96 valence electrons. The molecule has 0 aliphatic heterocycles. The molecule has 0 radical (unpaired) electrons. The number of ether oxygens (including phenoxy) is 2. The van der Waals surface area contributed by atoms with Gasteiger partial charge in [-0.2, -0.15) is 5.26 Å². The van der Waals surface area contributed by atoms with Gasteiger partial charge >= 0.3 is 12.3 Å². The van der Waals surface area contributed by atoms with Crippen molar-refractivity contribution in [3.8, 4) is 11.8 Å². The van der Waals surface area contributed by atoms with Gasteiger partial charge in [-0.05, 0) is 18.6 Å². The fourth-order valence-electron chi connectivity index (χ4n) is 1.35. The zero-order chi connectivity index (χ0) is 13.9. The van der Waals surface area contributed by atoms with Crippen LogP contribution in [0.5, 0.6) is 5.75 Å². The predicted octanol–water partition coefficient (Wildman–Crippen LogP) is 2.55. The van der Waals surface area contributed by atoms with Crippen molar-refractivity contribution in [1.29, 1.82) is 5.26 Å². The van der Waals surface area contributed by atoms with E-state index >= 15 is 0 Å². The molecule has 1 rings (SSSR count). The summed E-state index contributed by atoms with van der Waals surface area (Å²) < 4.78 is 44.9. The summed E-state index contributed by atoms with van der Waals surface area (Å²) in [6, 6.07) is 4.01. The van der Waals surface area contributed by atoms with Crippen LogP contribution in [-0.2, 0) is 4.74 Å². The monoisotopic (exact) mass is 259 g/mol. The molecule has 0 heterocycles. The maximum atomic E-state index is 12.3. The van der Waals surface area contributed by atoms with Crippen molar-refractivity contribution in [3.63, 3.8) is 0 Å². The van der Waals surface area contributed by atoms with Gasteiger partial charge in [-0.25, -0.2) is 4.79 Å². The SMILES string of the molecule is COC(=O)c1c(C)ccc(C#N)c1OC(F)(F)F. The van der Waals surface area contributed by atoms with Crippen LogP contribution in [0.2, 0.25) is 0 Å². The third-order valence-corrected chi connectivity index (χ3v) is 2.09. The minimum atomic E-state index is -5.00. The molecule has 0 atom stereocenters. The van der Waals surface area contributed by atoms with E-state index in [-0.39, 0.29) is 5.56 Å². The molecule has 4 nitrogen and oxygen atoms in total. The first-order chi connectivity index (χ1) is 8.30. The molecule has 0 saturated carbocycles. The zero-order valence-corrected chi connectivity index (χ0v) is 9.46. The Balaban J connectivity index is 3.47. The number of nitrogens with zero attached hydrogens (tertiary/aromatic N) is 1. The topological polar surface area (TPSA) is 59.3 Å². The largest absolute Gasteiger partial charge is 0.573 e. The molecular formula is C11H8F3NO3. The Morgan fingerprint density at radius 1 is 1.39 bits per heavy atom. The molecule has 0 aliphatic rings. The van der Waals surface area contributed by atoms with Crippen molar-refractivity contribution >= 4 is 5.97 Å². The average Bonchev–Trinajstić information content (AvgIpc) is 2.27. The van der Waals surface area contributed by atoms with Crippen molar-refractivity contribution in [2.24, 2.45) is 0 Å². The van der Waals surface area contributed by atoms with E-state index in [0.29, 0.717) is 0 Å². The second kappa shape index (κ2) is 4.96. The number of rotatable bonds is 2. The Bertz CT molecular complexity index is 517. The minimum Gasteiger partial charge on any atom is -0.465 e. The number of carbonyl (C=O) groups is 1. The highest BCUT2D eigenvalue weighted by molar-refractivity contribution is 5.95. The van der Waals surface area contributed by atoms with Crippen LogP contribution in [-0.4, -0.2) is 19.4 Å². The molecule has 0 unspecified atom stereocenters. The molecule has 0 saturated heterocycles. The summed E-state index contributed by atoms with van der Waals surface area (Å²) in [7, 11) is 1.03. The van der Waals surface area contributed by atoms with Crippen LogP contribution in [0.4, 0.5) is 13.2 Å². The summed E-state index contributed by atoms with van der Waals surface area (Å²) in [4.78, 5) is 11.4. The Hall–Kier alpha value is -2.23. The van der Waals surface area contributed by atoms with E-state index in [2.05, 4.69) is 9.47 Å². The van der Waals surface area contributed by atoms with Gasteiger partial charge in [0.2, 0.25) is 0 Å². The second-order valence-corrected chi connectivity index (χ2v) is 3.29. The van der Waals surface area contributed by atoms with E-state index in [0.717, 1.165) is 13.2 Å². The van der Waals surface area contributed by atoms with Gasteiger partial charge < -0.3 is 9.47 Å². The minimum absolute atomic E-state index is 0.222. The lowest BCUT2D eigenvalue weighted by Gasteiger charge is -2.15. The average molecular weight is 259 g/mol. The third kappa shape index (κ3) is 2.91. The van der Waals surface area contributed by atoms with Crippen LogP contribution in [0.3, 0.4) is 0 Å². The van der Waals surface area contributed by atoms with Gasteiger partial charge in [-0.3, -0.25) is 0 Å². The van der Waals surface area contributed by atoms with Crippen molar-refractivity contribution in [2.45, 2.75) is 13.3 Å². The quantitative estimate of drug-likeness (QED) is 0.766. The number of methoxy groups -OCH3 is 1. The normalized spacial score (nSPS) is 10.7. The van der Waals surface area contributed by atoms with E-state index in [9.17, 15) is 18.0 Å². The van der Waals surface area contributed by atoms with E-state index in [1.807, 2.05) is 0 Å². The standard InChI is InChI=1S/C11H8F3NO3/c1-6-3-4-7(5-15)9(18-11(12,13)14)8(6)10(16)17-2/h3-4H,1-2H3. The number of aryl methyl sites for hydroxylation is 1. The summed E-state index contributed by atoms with van der Waals surface area (Å²) in [6.45, 7) is 1.41. The van der Waals surface area contributed by atoms with Gasteiger partial charge in [0, 0.05) is 0 Å². The highest BCUT2D eigenvalue weighted by Gasteiger charge is 2.35. The third-order valence-electron chi connectivity index (χ3n) is 2.09. The molecule has 0 N–H and O–H groups in total. The second-order valence-electron chi connectivity index (χ2n) is 3.29. The molecule has 18 heavy (non-hydrogen) atoms. The molecule has 1 aromatic carbocycles. The molecule has 0 aliphatic carbocycles. The molecule has 0 amide bonds. The smallest absolute Gasteiger partial charge is 0.465 e. The summed E-state index contributed by atoms with van der Waals surface area (Å²) in [5.41, 5.74) is -0.577. The van der Waals surface area contributed by atoms with Crippen LogP contribution < -0.4 is 4.74 Å². The van der Waals surface area contributed by atoms with Crippen LogP contribution in [0.25, 0.3) is 0 Å². The van der Waals surface area contributed by atoms with Gasteiger partial charge in [0.15, 0.2) is 5.75 Å². The first kappa shape index (κ1) is 13.8. The van der Waals surface area contributed by atoms with Crippen LogP contribution in [0, 0.1) is 18.3 Å². The van der Waals surface area contributed by atoms with Crippen LogP contribution in [0.15, 0.2) is 12.1 Å². The molecule has 0 spiro atoms. The maximum Gasteiger partial charge on any atom is 0.573 e. The highest BCUT2D eigenvalue weighted by Crippen LogP contribution is 2.32. The number of nitriles is 1. The van der Waals surface area contributed by atoms with E-state index in [1.54, 1.807) is 0 Å². The lowest BCUT2D eigenvalue weighted by atomic mass is 10.0. The maximum absolute atomic E-state index is 12.3. The van der Waals surface area contributed by atoms with E-state index in [1.165, 1.54) is 19.1 Å². The fourth-order valence-corrected chi connectivity index (χ4v) is 1.35. The van der Waals surface area contributed by atoms with Crippen molar-refractivity contribution < 1.29 is 27.4 Å². The summed E-state index contributed by atoms with van der Waals surface area (Å²) in [5, 5.41) is 8.74. The number of esters is 1. The lowest BCUT2D eigenvalue weighted by Crippen LogP contribution is -2.20. The van der Waals surface area contributed by atoms with Gasteiger partial charge in [-0.15, -0.1) is 13.2 Å². The predicted molar refractivity (Wildman–Crippen MR) is 53.9 cm³/mol. The zero-order valence-electron chi connectivity index (χ0n) is 9.46. The van der Waals surface area contributed by atoms with Gasteiger partial charge in [0.1, 0.15) is 11.6 Å². The Labute approximate surface area is 101 Å². The van der Waals surface area contributed by atoms with Crippen molar-refractivity contribution in [3.05, 3.63) is 28.8 Å². The lowest BCUT2D eigenvalue weighted by molar-refractivity contribution is -0.274. The van der Waals surface area contributed by atoms with Crippen LogP contribution >= 0.6 is 0 Å². The van der Waals surface area contributed by atoms with Gasteiger partial charge in [0.25, 0.3) is 0 Å². The first-order valence-corrected chi connectivity index (χ1v) is 4.68. The molecule has 0 bridgehead atoms. The summed E-state index contributed by atoms with van der Waals surface area (Å²) in [5.74, 6) is -1.83. The number of halogens is 3. The van der Waals surface area contributed by atoms with Crippen molar-refractivity contribution in [2.75, 3.05) is 7.11 Å². The van der Waals surface area contributed by atoms with Gasteiger partial charge in [0.05, 0.1) is 12.7 Å². The highest BCUT2D eigenvalue weighted by atomic mass is 19.4. The van der Waals surface area contributed by atoms with Crippen molar-refractivity contribution in [1.82, 2.24) is 0 Å². The molecule has 1 aromatic rings. The number of benzene rings is 1. The Morgan fingerprint density at radius 3 is 2.44 bits per heavy atom. The fraction of sp³-hybridized carbons (Fsp3) is 0.273. The summed E-state index contributed by atoms with van der Waals surface area (Å²) >= 11 is 0. The number of carbonyl (C=O) groups excluding carboxylic acids is 1. The molecule has 0 aromatic heterocycles. The molecule has 0 fully saturated rings. The van der Waals surface area contributed by atoms with Gasteiger partial charge in [-0.1, -0.05) is 6.07 Å². The molecular weight excluding hydrogens is 251 g/mol. The number of hydrogen-bond acceptors (Lipinski definition) is 4. The Morgan fingerprint density at radius 2 is 2.00 bits per heavy atom. The van der Waals surface area contributed by atoms with Crippen LogP contribution in [0.1, 0.15) is 21.5 Å².